The van der Waals surface area contributed by atoms with E-state index in [4.69, 9.17) is 26.6 Å². The molecular formula is C28H37ClN8O5. The van der Waals surface area contributed by atoms with Crippen LogP contribution in [0.1, 0.15) is 10.4 Å². The molecule has 1 aromatic heterocycles. The number of methoxy groups -OCH3 is 1. The van der Waals surface area contributed by atoms with E-state index in [1.807, 2.05) is 18.2 Å². The number of benzene rings is 2. The number of hydrogen-bond donors (Lipinski definition) is 7. The number of nitrogens with one attached hydrogen (secondary N) is 4. The van der Waals surface area contributed by atoms with E-state index in [-0.39, 0.29) is 36.6 Å². The number of halogens is 1. The lowest BCUT2D eigenvalue weighted by molar-refractivity contribution is 0.0778. The van der Waals surface area contributed by atoms with Crippen molar-refractivity contribution in [3.63, 3.8) is 0 Å². The molecule has 1 unspecified atom stereocenters. The second-order valence-electron chi connectivity index (χ2n) is 9.53. The minimum Gasteiger partial charge on any atom is -0.494 e. The number of aliphatic hydroxyl groups is 3. The van der Waals surface area contributed by atoms with Gasteiger partial charge >= 0.3 is 0 Å². The summed E-state index contributed by atoms with van der Waals surface area (Å²) in [5.41, 5.74) is 2.54. The fourth-order valence-corrected chi connectivity index (χ4v) is 4.66. The monoisotopic (exact) mass is 600 g/mol. The average molecular weight is 601 g/mol. The van der Waals surface area contributed by atoms with Crippen LogP contribution in [0, 0.1) is 0 Å². The lowest BCUT2D eigenvalue weighted by atomic mass is 10.1. The molecule has 0 bridgehead atoms. The number of amides is 1. The fraction of sp³-hybridized carbons (Fsp3) is 0.393. The lowest BCUT2D eigenvalue weighted by Gasteiger charge is -2.37. The van der Waals surface area contributed by atoms with Crippen LogP contribution in [-0.2, 0) is 0 Å². The first-order chi connectivity index (χ1) is 20.4. The number of carbonyl (C=O) groups excluding carboxylic acids is 1. The highest BCUT2D eigenvalue weighted by atomic mass is 35.5. The van der Waals surface area contributed by atoms with Crippen molar-refractivity contribution in [3.8, 4) is 5.75 Å². The Kier molecular flexibility index (Phi) is 11.5. The zero-order valence-corrected chi connectivity index (χ0v) is 24.1. The maximum absolute atomic E-state index is 12.5. The summed E-state index contributed by atoms with van der Waals surface area (Å²) in [6.45, 7) is 3.99. The third-order valence-electron chi connectivity index (χ3n) is 6.66. The molecular weight excluding hydrogens is 564 g/mol. The smallest absolute Gasteiger partial charge is 0.253 e. The lowest BCUT2D eigenvalue weighted by Crippen LogP contribution is -2.51. The number of aromatic nitrogens is 2. The van der Waals surface area contributed by atoms with Crippen LogP contribution in [-0.4, -0.2) is 108 Å². The number of hydrogen-bond acceptors (Lipinski definition) is 12. The van der Waals surface area contributed by atoms with Crippen molar-refractivity contribution in [1.82, 2.24) is 25.5 Å². The maximum Gasteiger partial charge on any atom is 0.253 e. The Hall–Kier alpha value is -3.72. The van der Waals surface area contributed by atoms with Gasteiger partial charge in [-0.25, -0.2) is 4.98 Å². The number of para-hydroxylation sites is 1. The van der Waals surface area contributed by atoms with Crippen LogP contribution in [0.2, 0.25) is 5.02 Å². The van der Waals surface area contributed by atoms with Crippen molar-refractivity contribution in [1.29, 1.82) is 0 Å². The molecule has 14 heteroatoms. The molecule has 0 radical (unpaired) electrons. The normalized spacial score (nSPS) is 14.4. The van der Waals surface area contributed by atoms with Crippen molar-refractivity contribution < 1.29 is 24.9 Å². The third kappa shape index (κ3) is 8.41. The maximum atomic E-state index is 12.5. The number of ether oxygens (including phenoxy) is 1. The number of nitrogens with zero attached hydrogens (tertiary/aromatic N) is 4. The Labute approximate surface area is 249 Å². The van der Waals surface area contributed by atoms with Crippen molar-refractivity contribution >= 4 is 46.3 Å². The predicted octanol–water partition coefficient (Wildman–Crippen LogP) is 1.37. The molecule has 1 fully saturated rings. The molecule has 1 saturated heterocycles. The van der Waals surface area contributed by atoms with E-state index < -0.39 is 6.23 Å². The van der Waals surface area contributed by atoms with Gasteiger partial charge in [0.2, 0.25) is 5.95 Å². The Morgan fingerprint density at radius 2 is 1.81 bits per heavy atom. The minimum absolute atomic E-state index is 0.0128. The van der Waals surface area contributed by atoms with Crippen molar-refractivity contribution in [2.45, 2.75) is 6.23 Å². The van der Waals surface area contributed by atoms with E-state index in [0.717, 1.165) is 31.9 Å². The van der Waals surface area contributed by atoms with Crippen molar-refractivity contribution in [2.24, 2.45) is 0 Å². The predicted molar refractivity (Wildman–Crippen MR) is 162 cm³/mol. The molecule has 7 N–H and O–H groups in total. The van der Waals surface area contributed by atoms with Gasteiger partial charge in [-0.3, -0.25) is 15.0 Å². The first-order valence-electron chi connectivity index (χ1n) is 13.6. The number of piperazine rings is 1. The van der Waals surface area contributed by atoms with Gasteiger partial charge in [0.15, 0.2) is 5.82 Å². The van der Waals surface area contributed by atoms with Gasteiger partial charge in [-0.2, -0.15) is 4.98 Å². The molecule has 0 spiro atoms. The Morgan fingerprint density at radius 3 is 2.55 bits per heavy atom. The summed E-state index contributed by atoms with van der Waals surface area (Å²) in [6, 6.07) is 12.8. The molecule has 0 saturated carbocycles. The summed E-state index contributed by atoms with van der Waals surface area (Å²) in [4.78, 5) is 25.8. The highest BCUT2D eigenvalue weighted by Gasteiger charge is 2.21. The van der Waals surface area contributed by atoms with Crippen LogP contribution in [0.15, 0.2) is 48.7 Å². The molecule has 2 heterocycles. The summed E-state index contributed by atoms with van der Waals surface area (Å²) in [7, 11) is 1.59. The number of carbonyl (C=O) groups is 1. The number of β-amino-alcohol motifs (C(OH)–C–C–N with tert-alkyl or cyclic N) is 1. The third-order valence-corrected chi connectivity index (χ3v) is 6.93. The van der Waals surface area contributed by atoms with Gasteiger partial charge in [-0.1, -0.05) is 23.7 Å². The topological polar surface area (TPSA) is 167 Å². The van der Waals surface area contributed by atoms with Gasteiger partial charge in [0, 0.05) is 57.6 Å². The molecule has 13 nitrogen and oxygen atoms in total. The Bertz CT molecular complexity index is 1330. The molecule has 226 valence electrons. The van der Waals surface area contributed by atoms with Gasteiger partial charge in [0.05, 0.1) is 43.5 Å². The van der Waals surface area contributed by atoms with Gasteiger partial charge in [-0.15, -0.1) is 0 Å². The number of aliphatic hydroxyl groups excluding tert-OH is 3. The Balaban J connectivity index is 1.42. The summed E-state index contributed by atoms with van der Waals surface area (Å²) < 4.78 is 5.66. The number of anilines is 5. The van der Waals surface area contributed by atoms with E-state index in [2.05, 4.69) is 41.0 Å². The van der Waals surface area contributed by atoms with Crippen LogP contribution >= 0.6 is 11.6 Å². The fourth-order valence-electron chi connectivity index (χ4n) is 4.53. The van der Waals surface area contributed by atoms with E-state index in [9.17, 15) is 9.90 Å². The Morgan fingerprint density at radius 1 is 1.05 bits per heavy atom. The molecule has 1 amide bonds. The highest BCUT2D eigenvalue weighted by molar-refractivity contribution is 6.33. The largest absolute Gasteiger partial charge is 0.494 e. The van der Waals surface area contributed by atoms with Gasteiger partial charge in [-0.05, 0) is 24.3 Å². The molecule has 3 aromatic rings. The van der Waals surface area contributed by atoms with E-state index in [0.29, 0.717) is 41.6 Å². The van der Waals surface area contributed by atoms with Crippen LogP contribution in [0.3, 0.4) is 0 Å². The minimum atomic E-state index is -0.675. The van der Waals surface area contributed by atoms with Gasteiger partial charge in [0.1, 0.15) is 17.0 Å². The molecule has 42 heavy (non-hydrogen) atoms. The van der Waals surface area contributed by atoms with Crippen LogP contribution < -0.4 is 30.9 Å². The van der Waals surface area contributed by atoms with Crippen molar-refractivity contribution in [3.05, 3.63) is 59.2 Å². The second kappa shape index (κ2) is 15.5. The summed E-state index contributed by atoms with van der Waals surface area (Å²) in [6.07, 6.45) is 0.788. The van der Waals surface area contributed by atoms with Crippen LogP contribution in [0.4, 0.5) is 28.8 Å². The molecule has 1 aliphatic rings. The summed E-state index contributed by atoms with van der Waals surface area (Å²) in [5, 5.41) is 40.1. The molecule has 0 aliphatic carbocycles. The van der Waals surface area contributed by atoms with E-state index in [1.165, 1.54) is 6.20 Å². The molecule has 1 aliphatic heterocycles. The molecule has 4 rings (SSSR count). The standard InChI is InChI=1S/C28H37ClN8O5/c1-42-24-16-19(37-12-10-36(11-13-37)18-25(40)30-8-14-38)6-7-23(24)34-28-32-17-21(29)26(35-28)33-22-5-3-2-4-20(22)27(41)31-9-15-39/h2-7,16-17,25,30,38-40H,8-15,18H2,1H3,(H,31,41)(H2,32,33,34,35). The van der Waals surface area contributed by atoms with Gasteiger partial charge < -0.3 is 40.9 Å². The summed E-state index contributed by atoms with van der Waals surface area (Å²) >= 11 is 6.38. The zero-order valence-electron chi connectivity index (χ0n) is 23.4. The van der Waals surface area contributed by atoms with Crippen LogP contribution in [0.25, 0.3) is 0 Å². The van der Waals surface area contributed by atoms with E-state index in [1.54, 1.807) is 31.4 Å². The van der Waals surface area contributed by atoms with Crippen LogP contribution in [0.5, 0.6) is 5.75 Å². The second-order valence-corrected chi connectivity index (χ2v) is 9.94. The summed E-state index contributed by atoms with van der Waals surface area (Å²) in [5.74, 6) is 0.853. The molecule has 1 atom stereocenters. The van der Waals surface area contributed by atoms with Gasteiger partial charge in [0.25, 0.3) is 5.91 Å². The molecule has 2 aromatic carbocycles. The average Bonchev–Trinajstić information content (AvgIpc) is 3.01. The first kappa shape index (κ1) is 31.2. The SMILES string of the molecule is COc1cc(N2CCN(CC(O)NCCO)CC2)ccc1Nc1ncc(Cl)c(Nc2ccccc2C(=O)NCCO)n1. The van der Waals surface area contributed by atoms with E-state index >= 15 is 0 Å². The first-order valence-corrected chi connectivity index (χ1v) is 14.0. The highest BCUT2D eigenvalue weighted by Crippen LogP contribution is 2.33. The quantitative estimate of drug-likeness (QED) is 0.133. The zero-order chi connectivity index (χ0) is 29.9. The van der Waals surface area contributed by atoms with Crippen molar-refractivity contribution in [2.75, 3.05) is 81.7 Å². The number of rotatable bonds is 14.